The fourth-order valence-electron chi connectivity index (χ4n) is 2.62. The molecule has 2 fully saturated rings. The van der Waals surface area contributed by atoms with Gasteiger partial charge in [0.1, 0.15) is 0 Å². The molecule has 2 rings (SSSR count). The van der Waals surface area contributed by atoms with Gasteiger partial charge in [-0.3, -0.25) is 9.69 Å². The predicted octanol–water partition coefficient (Wildman–Crippen LogP) is 1.26. The molecule has 0 aromatic rings. The van der Waals surface area contributed by atoms with E-state index in [9.17, 15) is 4.79 Å². The van der Waals surface area contributed by atoms with Crippen LogP contribution in [0.1, 0.15) is 33.1 Å². The summed E-state index contributed by atoms with van der Waals surface area (Å²) in [7, 11) is 0. The number of carbonyl (C=O) groups is 1. The molecule has 0 aromatic heterocycles. The zero-order valence-electron chi connectivity index (χ0n) is 11.7. The highest BCUT2D eigenvalue weighted by Crippen LogP contribution is 2.26. The quantitative estimate of drug-likeness (QED) is 0.803. The Hall–Kier alpha value is -0.610. The molecule has 0 aromatic carbocycles. The second kappa shape index (κ2) is 6.53. The van der Waals surface area contributed by atoms with Crippen molar-refractivity contribution in [3.05, 3.63) is 0 Å². The summed E-state index contributed by atoms with van der Waals surface area (Å²) in [6, 6.07) is 0. The van der Waals surface area contributed by atoms with E-state index in [2.05, 4.69) is 24.1 Å². The van der Waals surface area contributed by atoms with Crippen LogP contribution < -0.4 is 5.32 Å². The summed E-state index contributed by atoms with van der Waals surface area (Å²) in [6.45, 7) is 9.02. The van der Waals surface area contributed by atoms with Crippen molar-refractivity contribution < 1.29 is 9.53 Å². The van der Waals surface area contributed by atoms with Gasteiger partial charge in [-0.25, -0.2) is 0 Å². The van der Waals surface area contributed by atoms with Crippen LogP contribution in [-0.4, -0.2) is 49.7 Å². The monoisotopic (exact) mass is 254 g/mol. The molecule has 2 aliphatic rings. The van der Waals surface area contributed by atoms with E-state index in [0.717, 1.165) is 39.1 Å². The zero-order valence-corrected chi connectivity index (χ0v) is 11.7. The van der Waals surface area contributed by atoms with Crippen LogP contribution in [0.15, 0.2) is 0 Å². The largest absolute Gasteiger partial charge is 0.374 e. The molecule has 1 saturated carbocycles. The van der Waals surface area contributed by atoms with Crippen LogP contribution in [-0.2, 0) is 9.53 Å². The molecular weight excluding hydrogens is 228 g/mol. The maximum absolute atomic E-state index is 11.7. The Balaban J connectivity index is 1.67. The average molecular weight is 254 g/mol. The SMILES string of the molecule is CC(C)CN1CCOC(CNC(=O)C2CCC2)C1. The molecule has 0 spiro atoms. The number of carbonyl (C=O) groups excluding carboxylic acids is 1. The molecule has 1 atom stereocenters. The molecule has 1 aliphatic carbocycles. The van der Waals surface area contributed by atoms with Crippen molar-refractivity contribution in [2.45, 2.75) is 39.2 Å². The Morgan fingerprint density at radius 1 is 1.44 bits per heavy atom. The standard InChI is InChI=1S/C14H26N2O2/c1-11(2)9-16-6-7-18-13(10-16)8-15-14(17)12-4-3-5-12/h11-13H,3-10H2,1-2H3,(H,15,17). The zero-order chi connectivity index (χ0) is 13.0. The summed E-state index contributed by atoms with van der Waals surface area (Å²) < 4.78 is 5.72. The highest BCUT2D eigenvalue weighted by Gasteiger charge is 2.26. The first kappa shape index (κ1) is 13.8. The van der Waals surface area contributed by atoms with E-state index in [1.165, 1.54) is 6.42 Å². The van der Waals surface area contributed by atoms with Crippen LogP contribution in [0.4, 0.5) is 0 Å². The first-order valence-electron chi connectivity index (χ1n) is 7.27. The van der Waals surface area contributed by atoms with Gasteiger partial charge in [0.05, 0.1) is 12.7 Å². The van der Waals surface area contributed by atoms with Gasteiger partial charge in [0.25, 0.3) is 0 Å². The van der Waals surface area contributed by atoms with Crippen molar-refractivity contribution >= 4 is 5.91 Å². The number of ether oxygens (including phenoxy) is 1. The van der Waals surface area contributed by atoms with Gasteiger partial charge in [0.15, 0.2) is 0 Å². The van der Waals surface area contributed by atoms with Gasteiger partial charge in [-0.05, 0) is 18.8 Å². The lowest BCUT2D eigenvalue weighted by atomic mass is 9.85. The summed E-state index contributed by atoms with van der Waals surface area (Å²) in [5.41, 5.74) is 0. The normalized spacial score (nSPS) is 26.1. The lowest BCUT2D eigenvalue weighted by Crippen LogP contribution is -2.49. The third-order valence-corrected chi connectivity index (χ3v) is 3.83. The average Bonchev–Trinajstić information content (AvgIpc) is 2.23. The highest BCUT2D eigenvalue weighted by molar-refractivity contribution is 5.79. The number of hydrogen-bond acceptors (Lipinski definition) is 3. The van der Waals surface area contributed by atoms with E-state index in [1.807, 2.05) is 0 Å². The molecule has 1 amide bonds. The third-order valence-electron chi connectivity index (χ3n) is 3.83. The number of nitrogens with zero attached hydrogens (tertiary/aromatic N) is 1. The molecule has 1 aliphatic heterocycles. The van der Waals surface area contributed by atoms with Crippen molar-refractivity contribution in [2.24, 2.45) is 11.8 Å². The molecule has 18 heavy (non-hydrogen) atoms. The van der Waals surface area contributed by atoms with Crippen LogP contribution in [0.25, 0.3) is 0 Å². The van der Waals surface area contributed by atoms with Crippen molar-refractivity contribution in [3.8, 4) is 0 Å². The summed E-state index contributed by atoms with van der Waals surface area (Å²) in [4.78, 5) is 14.2. The van der Waals surface area contributed by atoms with Crippen LogP contribution in [0, 0.1) is 11.8 Å². The number of rotatable bonds is 5. The maximum Gasteiger partial charge on any atom is 0.223 e. The van der Waals surface area contributed by atoms with Gasteiger partial charge in [-0.15, -0.1) is 0 Å². The van der Waals surface area contributed by atoms with Gasteiger partial charge >= 0.3 is 0 Å². The van der Waals surface area contributed by atoms with Gasteiger partial charge in [0.2, 0.25) is 5.91 Å². The Bertz CT molecular complexity index is 277. The van der Waals surface area contributed by atoms with Crippen molar-refractivity contribution in [3.63, 3.8) is 0 Å². The van der Waals surface area contributed by atoms with Crippen LogP contribution in [0.3, 0.4) is 0 Å². The van der Waals surface area contributed by atoms with E-state index in [1.54, 1.807) is 0 Å². The smallest absolute Gasteiger partial charge is 0.223 e. The summed E-state index contributed by atoms with van der Waals surface area (Å²) in [6.07, 6.45) is 3.51. The van der Waals surface area contributed by atoms with Gasteiger partial charge in [0, 0.05) is 32.1 Å². The first-order chi connectivity index (χ1) is 8.65. The van der Waals surface area contributed by atoms with Gasteiger partial charge in [-0.2, -0.15) is 0 Å². The highest BCUT2D eigenvalue weighted by atomic mass is 16.5. The lowest BCUT2D eigenvalue weighted by Gasteiger charge is -2.34. The molecule has 0 radical (unpaired) electrons. The number of amides is 1. The molecule has 1 unspecified atom stereocenters. The molecule has 1 saturated heterocycles. The molecule has 104 valence electrons. The van der Waals surface area contributed by atoms with E-state index in [-0.39, 0.29) is 17.9 Å². The molecule has 4 heteroatoms. The molecular formula is C14H26N2O2. The van der Waals surface area contributed by atoms with Crippen LogP contribution in [0.2, 0.25) is 0 Å². The summed E-state index contributed by atoms with van der Waals surface area (Å²) in [5, 5.41) is 3.04. The molecule has 4 nitrogen and oxygen atoms in total. The summed E-state index contributed by atoms with van der Waals surface area (Å²) >= 11 is 0. The van der Waals surface area contributed by atoms with Crippen molar-refractivity contribution in [1.82, 2.24) is 10.2 Å². The van der Waals surface area contributed by atoms with Crippen LogP contribution >= 0.6 is 0 Å². The second-order valence-electron chi connectivity index (χ2n) is 6.02. The van der Waals surface area contributed by atoms with E-state index in [4.69, 9.17) is 4.74 Å². The number of hydrogen-bond donors (Lipinski definition) is 1. The lowest BCUT2D eigenvalue weighted by molar-refractivity contribution is -0.128. The van der Waals surface area contributed by atoms with Gasteiger partial charge in [-0.1, -0.05) is 20.3 Å². The Kier molecular flexibility index (Phi) is 5.01. The molecule has 1 N–H and O–H groups in total. The minimum absolute atomic E-state index is 0.168. The first-order valence-corrected chi connectivity index (χ1v) is 7.27. The summed E-state index contributed by atoms with van der Waals surface area (Å²) in [5.74, 6) is 1.19. The fraction of sp³-hybridized carbons (Fsp3) is 0.929. The maximum atomic E-state index is 11.7. The molecule has 1 heterocycles. The Morgan fingerprint density at radius 3 is 2.83 bits per heavy atom. The fourth-order valence-corrected chi connectivity index (χ4v) is 2.62. The number of morpholine rings is 1. The van der Waals surface area contributed by atoms with E-state index < -0.39 is 0 Å². The minimum Gasteiger partial charge on any atom is -0.374 e. The Labute approximate surface area is 110 Å². The topological polar surface area (TPSA) is 41.6 Å². The van der Waals surface area contributed by atoms with E-state index >= 15 is 0 Å². The van der Waals surface area contributed by atoms with E-state index in [0.29, 0.717) is 12.5 Å². The van der Waals surface area contributed by atoms with Crippen molar-refractivity contribution in [1.29, 1.82) is 0 Å². The van der Waals surface area contributed by atoms with Crippen LogP contribution in [0.5, 0.6) is 0 Å². The predicted molar refractivity (Wildman–Crippen MR) is 71.4 cm³/mol. The van der Waals surface area contributed by atoms with Crippen molar-refractivity contribution in [2.75, 3.05) is 32.8 Å². The second-order valence-corrected chi connectivity index (χ2v) is 6.02. The van der Waals surface area contributed by atoms with Gasteiger partial charge < -0.3 is 10.1 Å². The molecule has 0 bridgehead atoms. The Morgan fingerprint density at radius 2 is 2.22 bits per heavy atom. The number of nitrogens with one attached hydrogen (secondary N) is 1. The minimum atomic E-state index is 0.168. The third kappa shape index (κ3) is 3.95.